The maximum Gasteiger partial charge on any atom is 0.309 e. The van der Waals surface area contributed by atoms with Crippen LogP contribution in [0.25, 0.3) is 0 Å². The van der Waals surface area contributed by atoms with Gasteiger partial charge in [0.15, 0.2) is 0 Å². The van der Waals surface area contributed by atoms with Crippen molar-refractivity contribution in [2.75, 3.05) is 0 Å². The normalized spacial score (nSPS) is 58.3. The van der Waals surface area contributed by atoms with E-state index >= 15 is 0 Å². The first-order chi connectivity index (χ1) is 7.77. The summed E-state index contributed by atoms with van der Waals surface area (Å²) in [6.45, 7) is 2.11. The fourth-order valence-corrected chi connectivity index (χ4v) is 5.63. The van der Waals surface area contributed by atoms with Crippen molar-refractivity contribution < 1.29 is 9.53 Å². The molecule has 88 valence electrons. The Balaban J connectivity index is 1.71. The van der Waals surface area contributed by atoms with Gasteiger partial charge in [-0.05, 0) is 49.9 Å². The van der Waals surface area contributed by atoms with Crippen LogP contribution in [0, 0.1) is 35.5 Å². The number of carbonyl (C=O) groups is 1. The van der Waals surface area contributed by atoms with Crippen molar-refractivity contribution in [2.24, 2.45) is 35.5 Å². The molecule has 4 fully saturated rings. The van der Waals surface area contributed by atoms with E-state index in [0.717, 1.165) is 17.8 Å². The largest absolute Gasteiger partial charge is 0.462 e. The Labute approximate surface area is 96.7 Å². The molecule has 7 atom stereocenters. The van der Waals surface area contributed by atoms with Crippen molar-refractivity contribution in [1.82, 2.24) is 0 Å². The average Bonchev–Trinajstić information content (AvgIpc) is 2.91. The lowest BCUT2D eigenvalue weighted by Gasteiger charge is -2.40. The van der Waals surface area contributed by atoms with Crippen molar-refractivity contribution >= 4 is 5.97 Å². The van der Waals surface area contributed by atoms with Crippen molar-refractivity contribution in [3.05, 3.63) is 0 Å². The highest BCUT2D eigenvalue weighted by Crippen LogP contribution is 2.65. The van der Waals surface area contributed by atoms with Crippen molar-refractivity contribution in [2.45, 2.75) is 45.1 Å². The smallest absolute Gasteiger partial charge is 0.309 e. The molecule has 3 aliphatic carbocycles. The average molecular weight is 220 g/mol. The molecular formula is C14H20O2. The highest BCUT2D eigenvalue weighted by Gasteiger charge is 2.64. The summed E-state index contributed by atoms with van der Waals surface area (Å²) >= 11 is 0. The van der Waals surface area contributed by atoms with E-state index in [9.17, 15) is 4.79 Å². The highest BCUT2D eigenvalue weighted by molar-refractivity contribution is 5.76. The topological polar surface area (TPSA) is 26.3 Å². The van der Waals surface area contributed by atoms with E-state index in [1.165, 1.54) is 32.1 Å². The predicted molar refractivity (Wildman–Crippen MR) is 59.6 cm³/mol. The van der Waals surface area contributed by atoms with Gasteiger partial charge >= 0.3 is 5.97 Å². The number of hydrogen-bond acceptors (Lipinski definition) is 2. The van der Waals surface area contributed by atoms with Crippen LogP contribution in [-0.2, 0) is 9.53 Å². The van der Waals surface area contributed by atoms with E-state index in [4.69, 9.17) is 4.74 Å². The minimum Gasteiger partial charge on any atom is -0.462 e. The molecule has 0 N–H and O–H groups in total. The molecule has 0 radical (unpaired) electrons. The molecule has 0 aromatic rings. The van der Waals surface area contributed by atoms with Crippen LogP contribution in [-0.4, -0.2) is 12.1 Å². The van der Waals surface area contributed by atoms with Gasteiger partial charge in [0.2, 0.25) is 0 Å². The second-order valence-corrected chi connectivity index (χ2v) is 6.42. The fourth-order valence-electron chi connectivity index (χ4n) is 5.63. The van der Waals surface area contributed by atoms with Gasteiger partial charge in [-0.1, -0.05) is 12.8 Å². The molecule has 2 bridgehead atoms. The second-order valence-electron chi connectivity index (χ2n) is 6.42. The third kappa shape index (κ3) is 0.970. The Hall–Kier alpha value is -0.530. The first-order valence-electron chi connectivity index (χ1n) is 6.98. The highest BCUT2D eigenvalue weighted by atomic mass is 16.6. The van der Waals surface area contributed by atoms with Crippen molar-refractivity contribution in [3.63, 3.8) is 0 Å². The van der Waals surface area contributed by atoms with Gasteiger partial charge in [0.1, 0.15) is 6.10 Å². The summed E-state index contributed by atoms with van der Waals surface area (Å²) in [7, 11) is 0. The monoisotopic (exact) mass is 220 g/mol. The predicted octanol–water partition coefficient (Wildman–Crippen LogP) is 2.62. The van der Waals surface area contributed by atoms with Crippen LogP contribution in [0.15, 0.2) is 0 Å². The summed E-state index contributed by atoms with van der Waals surface area (Å²) in [6, 6.07) is 0. The lowest BCUT2D eigenvalue weighted by atomic mass is 9.63. The number of cyclic esters (lactones) is 1. The van der Waals surface area contributed by atoms with Gasteiger partial charge in [-0.2, -0.15) is 0 Å². The number of carbonyl (C=O) groups excluding carboxylic acids is 1. The molecule has 1 heterocycles. The summed E-state index contributed by atoms with van der Waals surface area (Å²) in [5, 5.41) is 0. The second kappa shape index (κ2) is 3.02. The summed E-state index contributed by atoms with van der Waals surface area (Å²) < 4.78 is 5.48. The van der Waals surface area contributed by atoms with Crippen molar-refractivity contribution in [1.29, 1.82) is 0 Å². The minimum atomic E-state index is 0.133. The Bertz CT molecular complexity index is 338. The third-order valence-corrected chi connectivity index (χ3v) is 6.01. The van der Waals surface area contributed by atoms with Crippen LogP contribution in [0.5, 0.6) is 0 Å². The summed E-state index contributed by atoms with van der Waals surface area (Å²) in [6.07, 6.45) is 7.17. The molecule has 4 rings (SSSR count). The van der Waals surface area contributed by atoms with E-state index in [2.05, 4.69) is 6.92 Å². The molecule has 16 heavy (non-hydrogen) atoms. The summed E-state index contributed by atoms with van der Waals surface area (Å²) in [4.78, 5) is 11.9. The third-order valence-electron chi connectivity index (χ3n) is 6.01. The molecule has 0 aromatic heterocycles. The van der Waals surface area contributed by atoms with Gasteiger partial charge in [-0.25, -0.2) is 0 Å². The molecule has 2 nitrogen and oxygen atoms in total. The first kappa shape index (κ1) is 9.49. The fraction of sp³-hybridized carbons (Fsp3) is 0.929. The van der Waals surface area contributed by atoms with E-state index in [1.807, 2.05) is 0 Å². The van der Waals surface area contributed by atoms with Gasteiger partial charge in [0.05, 0.1) is 5.92 Å². The minimum absolute atomic E-state index is 0.133. The van der Waals surface area contributed by atoms with Crippen LogP contribution >= 0.6 is 0 Å². The quantitative estimate of drug-likeness (QED) is 0.587. The Morgan fingerprint density at radius 2 is 1.75 bits per heavy atom. The van der Waals surface area contributed by atoms with Gasteiger partial charge < -0.3 is 4.74 Å². The number of rotatable bonds is 0. The SMILES string of the molecule is CC1OC(=O)C2C3CC(C4CCCCC43)C12. The molecule has 0 spiro atoms. The molecule has 4 aliphatic rings. The molecular weight excluding hydrogens is 200 g/mol. The molecule has 1 aliphatic heterocycles. The number of fused-ring (bicyclic) bond motifs is 8. The van der Waals surface area contributed by atoms with E-state index in [0.29, 0.717) is 17.8 Å². The zero-order chi connectivity index (χ0) is 10.9. The molecule has 0 aromatic carbocycles. The van der Waals surface area contributed by atoms with Gasteiger partial charge in [-0.3, -0.25) is 4.79 Å². The maximum absolute atomic E-state index is 11.9. The summed E-state index contributed by atoms with van der Waals surface area (Å²) in [5.41, 5.74) is 0. The van der Waals surface area contributed by atoms with Crippen LogP contribution in [0.4, 0.5) is 0 Å². The Kier molecular flexibility index (Phi) is 1.79. The summed E-state index contributed by atoms with van der Waals surface area (Å²) in [5.74, 6) is 4.33. The van der Waals surface area contributed by atoms with E-state index < -0.39 is 0 Å². The van der Waals surface area contributed by atoms with Gasteiger partial charge in [-0.15, -0.1) is 0 Å². The Morgan fingerprint density at radius 3 is 2.50 bits per heavy atom. The molecule has 1 saturated heterocycles. The first-order valence-corrected chi connectivity index (χ1v) is 6.98. The standard InChI is InChI=1S/C14H20O2/c1-7-12-10-6-11(13(12)14(15)16-7)9-5-3-2-4-8(9)10/h7-13H,2-6H2,1H3. The van der Waals surface area contributed by atoms with E-state index in [1.54, 1.807) is 0 Å². The van der Waals surface area contributed by atoms with Crippen LogP contribution < -0.4 is 0 Å². The lowest BCUT2D eigenvalue weighted by molar-refractivity contribution is -0.145. The Morgan fingerprint density at radius 1 is 1.06 bits per heavy atom. The number of ether oxygens (including phenoxy) is 1. The maximum atomic E-state index is 11.9. The lowest BCUT2D eigenvalue weighted by Crippen LogP contribution is -2.38. The zero-order valence-corrected chi connectivity index (χ0v) is 9.89. The molecule has 0 amide bonds. The van der Waals surface area contributed by atoms with Gasteiger partial charge in [0.25, 0.3) is 0 Å². The molecule has 7 unspecified atom stereocenters. The van der Waals surface area contributed by atoms with E-state index in [-0.39, 0.29) is 12.1 Å². The van der Waals surface area contributed by atoms with Crippen molar-refractivity contribution in [3.8, 4) is 0 Å². The molecule has 2 heteroatoms. The molecule has 3 saturated carbocycles. The van der Waals surface area contributed by atoms with Gasteiger partial charge in [0, 0.05) is 5.92 Å². The number of hydrogen-bond donors (Lipinski definition) is 0. The number of esters is 1. The van der Waals surface area contributed by atoms with Crippen LogP contribution in [0.2, 0.25) is 0 Å². The van der Waals surface area contributed by atoms with Crippen LogP contribution in [0.1, 0.15) is 39.0 Å². The van der Waals surface area contributed by atoms with Crippen LogP contribution in [0.3, 0.4) is 0 Å². The zero-order valence-electron chi connectivity index (χ0n) is 9.89.